The smallest absolute Gasteiger partial charge is 0.304 e. The molecule has 0 aromatic rings. The summed E-state index contributed by atoms with van der Waals surface area (Å²) in [5.41, 5.74) is 0. The molecular formula is C9H17NO6S2. The molecule has 1 aliphatic rings. The van der Waals surface area contributed by atoms with Crippen LogP contribution in [0.15, 0.2) is 0 Å². The van der Waals surface area contributed by atoms with Crippen molar-refractivity contribution in [2.75, 3.05) is 11.5 Å². The van der Waals surface area contributed by atoms with E-state index in [-0.39, 0.29) is 24.3 Å². The van der Waals surface area contributed by atoms with Gasteiger partial charge < -0.3 is 5.11 Å². The quantitative estimate of drug-likeness (QED) is 0.672. The molecule has 0 aromatic heterocycles. The molecule has 1 heterocycles. The molecule has 1 fully saturated rings. The molecule has 0 aliphatic carbocycles. The Labute approximate surface area is 107 Å². The van der Waals surface area contributed by atoms with Gasteiger partial charge in [0.15, 0.2) is 9.84 Å². The summed E-state index contributed by atoms with van der Waals surface area (Å²) < 4.78 is 48.6. The highest BCUT2D eigenvalue weighted by atomic mass is 32.2. The molecule has 1 rings (SSSR count). The molecule has 2 N–H and O–H groups in total. The van der Waals surface area contributed by atoms with Crippen LogP contribution < -0.4 is 4.72 Å². The van der Waals surface area contributed by atoms with E-state index in [1.807, 2.05) is 0 Å². The summed E-state index contributed by atoms with van der Waals surface area (Å²) >= 11 is 0. The molecular weight excluding hydrogens is 282 g/mol. The van der Waals surface area contributed by atoms with Crippen LogP contribution in [0.3, 0.4) is 0 Å². The molecule has 0 bridgehead atoms. The standard InChI is InChI=1S/C9H17NO6S2/c1-2-7(5-9(11)12)10-18(15,16)8-3-4-17(13,14)6-8/h7-8,10H,2-6H2,1H3,(H,11,12). The Morgan fingerprint density at radius 1 is 1.50 bits per heavy atom. The van der Waals surface area contributed by atoms with Crippen LogP contribution in [0.5, 0.6) is 0 Å². The van der Waals surface area contributed by atoms with Crippen molar-refractivity contribution in [3.8, 4) is 0 Å². The van der Waals surface area contributed by atoms with Crippen LogP contribution >= 0.6 is 0 Å². The molecule has 9 heteroatoms. The van der Waals surface area contributed by atoms with Crippen LogP contribution in [0.1, 0.15) is 26.2 Å². The van der Waals surface area contributed by atoms with E-state index in [0.717, 1.165) is 0 Å². The number of nitrogens with one attached hydrogen (secondary N) is 1. The van der Waals surface area contributed by atoms with Gasteiger partial charge in [-0.2, -0.15) is 0 Å². The van der Waals surface area contributed by atoms with Gasteiger partial charge in [-0.1, -0.05) is 6.92 Å². The highest BCUT2D eigenvalue weighted by molar-refractivity contribution is 7.95. The molecule has 0 amide bonds. The predicted molar refractivity (Wildman–Crippen MR) is 65.4 cm³/mol. The normalized spacial score (nSPS) is 24.8. The van der Waals surface area contributed by atoms with Crippen LogP contribution in [0, 0.1) is 0 Å². The van der Waals surface area contributed by atoms with Crippen molar-refractivity contribution in [1.82, 2.24) is 4.72 Å². The van der Waals surface area contributed by atoms with Gasteiger partial charge in [0, 0.05) is 6.04 Å². The zero-order chi connectivity index (χ0) is 14.0. The SMILES string of the molecule is CCC(CC(=O)O)NS(=O)(=O)C1CCS(=O)(=O)C1. The lowest BCUT2D eigenvalue weighted by Gasteiger charge is -2.18. The highest BCUT2D eigenvalue weighted by Crippen LogP contribution is 2.19. The maximum absolute atomic E-state index is 11.9. The summed E-state index contributed by atoms with van der Waals surface area (Å²) in [6.07, 6.45) is 0.0986. The summed E-state index contributed by atoms with van der Waals surface area (Å²) in [5.74, 6) is -1.61. The van der Waals surface area contributed by atoms with Gasteiger partial charge in [0.05, 0.1) is 23.2 Å². The third-order valence-corrected chi connectivity index (χ3v) is 6.80. The minimum Gasteiger partial charge on any atom is -0.481 e. The van der Waals surface area contributed by atoms with E-state index in [0.29, 0.717) is 6.42 Å². The van der Waals surface area contributed by atoms with E-state index in [2.05, 4.69) is 4.72 Å². The van der Waals surface area contributed by atoms with Crippen molar-refractivity contribution in [3.63, 3.8) is 0 Å². The minimum absolute atomic E-state index is 0.0706. The Kier molecular flexibility index (Phi) is 4.73. The number of carboxylic acid groups (broad SMARTS) is 1. The van der Waals surface area contributed by atoms with Crippen molar-refractivity contribution in [3.05, 3.63) is 0 Å². The van der Waals surface area contributed by atoms with E-state index < -0.39 is 37.1 Å². The van der Waals surface area contributed by atoms with Crippen LogP contribution in [0.2, 0.25) is 0 Å². The molecule has 1 saturated heterocycles. The highest BCUT2D eigenvalue weighted by Gasteiger charge is 2.38. The fourth-order valence-electron chi connectivity index (χ4n) is 1.81. The van der Waals surface area contributed by atoms with E-state index in [1.54, 1.807) is 6.92 Å². The first kappa shape index (κ1) is 15.4. The number of carboxylic acids is 1. The molecule has 1 aliphatic heterocycles. The van der Waals surface area contributed by atoms with Crippen LogP contribution in [0.25, 0.3) is 0 Å². The summed E-state index contributed by atoms with van der Waals surface area (Å²) in [6, 6.07) is -0.698. The van der Waals surface area contributed by atoms with Crippen molar-refractivity contribution >= 4 is 25.8 Å². The second-order valence-corrected chi connectivity index (χ2v) is 8.61. The Morgan fingerprint density at radius 3 is 2.50 bits per heavy atom. The Balaban J connectivity index is 2.73. The van der Waals surface area contributed by atoms with E-state index in [9.17, 15) is 21.6 Å². The van der Waals surface area contributed by atoms with E-state index in [4.69, 9.17) is 5.11 Å². The van der Waals surface area contributed by atoms with Gasteiger partial charge in [-0.15, -0.1) is 0 Å². The van der Waals surface area contributed by atoms with Crippen molar-refractivity contribution in [2.24, 2.45) is 0 Å². The first-order valence-corrected chi connectivity index (χ1v) is 8.96. The minimum atomic E-state index is -3.78. The molecule has 106 valence electrons. The number of hydrogen-bond acceptors (Lipinski definition) is 5. The monoisotopic (exact) mass is 299 g/mol. The van der Waals surface area contributed by atoms with Crippen molar-refractivity contribution in [1.29, 1.82) is 0 Å². The zero-order valence-corrected chi connectivity index (χ0v) is 11.6. The average molecular weight is 299 g/mol. The first-order valence-electron chi connectivity index (χ1n) is 5.59. The topological polar surface area (TPSA) is 118 Å². The second-order valence-electron chi connectivity index (χ2n) is 4.39. The number of aliphatic carboxylic acids is 1. The van der Waals surface area contributed by atoms with Crippen molar-refractivity contribution in [2.45, 2.75) is 37.5 Å². The van der Waals surface area contributed by atoms with Gasteiger partial charge in [-0.05, 0) is 12.8 Å². The second kappa shape index (κ2) is 5.54. The Bertz CT molecular complexity index is 509. The molecule has 0 radical (unpaired) electrons. The van der Waals surface area contributed by atoms with Gasteiger partial charge in [-0.3, -0.25) is 4.79 Å². The van der Waals surface area contributed by atoms with Crippen LogP contribution in [-0.4, -0.2) is 50.7 Å². The third kappa shape index (κ3) is 4.21. The summed E-state index contributed by atoms with van der Waals surface area (Å²) in [7, 11) is -7.06. The third-order valence-electron chi connectivity index (χ3n) is 2.87. The predicted octanol–water partition coefficient (Wildman–Crippen LogP) is -0.654. The van der Waals surface area contributed by atoms with Crippen LogP contribution in [-0.2, 0) is 24.7 Å². The number of sulfone groups is 1. The zero-order valence-electron chi connectivity index (χ0n) is 10.00. The molecule has 2 atom stereocenters. The Hall–Kier alpha value is -0.670. The summed E-state index contributed by atoms with van der Waals surface area (Å²) in [4.78, 5) is 10.5. The molecule has 0 spiro atoms. The maximum Gasteiger partial charge on any atom is 0.304 e. The van der Waals surface area contributed by atoms with Gasteiger partial charge >= 0.3 is 5.97 Å². The average Bonchev–Trinajstić information content (AvgIpc) is 2.57. The lowest BCUT2D eigenvalue weighted by molar-refractivity contribution is -0.137. The van der Waals surface area contributed by atoms with E-state index >= 15 is 0 Å². The summed E-state index contributed by atoms with van der Waals surface area (Å²) in [6.45, 7) is 1.67. The number of sulfonamides is 1. The first-order chi connectivity index (χ1) is 8.16. The van der Waals surface area contributed by atoms with Crippen molar-refractivity contribution < 1.29 is 26.7 Å². The molecule has 0 aromatic carbocycles. The maximum atomic E-state index is 11.9. The fourth-order valence-corrected chi connectivity index (χ4v) is 6.18. The lowest BCUT2D eigenvalue weighted by Crippen LogP contribution is -2.42. The molecule has 2 unspecified atom stereocenters. The van der Waals surface area contributed by atoms with Crippen LogP contribution in [0.4, 0.5) is 0 Å². The number of carbonyl (C=O) groups is 1. The molecule has 0 saturated carbocycles. The number of hydrogen-bond donors (Lipinski definition) is 2. The fraction of sp³-hybridized carbons (Fsp3) is 0.889. The van der Waals surface area contributed by atoms with Gasteiger partial charge in [-0.25, -0.2) is 21.6 Å². The molecule has 7 nitrogen and oxygen atoms in total. The largest absolute Gasteiger partial charge is 0.481 e. The number of rotatable bonds is 6. The van der Waals surface area contributed by atoms with Gasteiger partial charge in [0.2, 0.25) is 10.0 Å². The Morgan fingerprint density at radius 2 is 2.11 bits per heavy atom. The summed E-state index contributed by atoms with van der Waals surface area (Å²) in [5, 5.41) is 7.66. The van der Waals surface area contributed by atoms with Gasteiger partial charge in [0.25, 0.3) is 0 Å². The lowest BCUT2D eigenvalue weighted by atomic mass is 10.2. The molecule has 18 heavy (non-hydrogen) atoms. The van der Waals surface area contributed by atoms with E-state index in [1.165, 1.54) is 0 Å². The van der Waals surface area contributed by atoms with Gasteiger partial charge in [0.1, 0.15) is 0 Å².